The molecule has 3 atom stereocenters. The molecule has 0 bridgehead atoms. The molecule has 184 valence electrons. The minimum absolute atomic E-state index is 0.226. The topological polar surface area (TPSA) is 139 Å². The van der Waals surface area contributed by atoms with Gasteiger partial charge in [-0.25, -0.2) is 4.79 Å². The van der Waals surface area contributed by atoms with Crippen LogP contribution in [0.15, 0.2) is 12.2 Å². The van der Waals surface area contributed by atoms with Gasteiger partial charge in [0.1, 0.15) is 0 Å². The van der Waals surface area contributed by atoms with E-state index in [0.29, 0.717) is 44.5 Å². The Morgan fingerprint density at radius 1 is 1.12 bits per heavy atom. The van der Waals surface area contributed by atoms with E-state index in [9.17, 15) is 29.8 Å². The fourth-order valence-corrected chi connectivity index (χ4v) is 3.44. The zero-order chi connectivity index (χ0) is 24.7. The maximum absolute atomic E-state index is 11.5. The van der Waals surface area contributed by atoms with Crippen molar-refractivity contribution < 1.29 is 28.9 Å². The van der Waals surface area contributed by atoms with E-state index in [1.807, 2.05) is 13.8 Å². The molecule has 2 aliphatic rings. The molecule has 0 saturated carbocycles. The van der Waals surface area contributed by atoms with Crippen molar-refractivity contribution in [3.63, 3.8) is 0 Å². The van der Waals surface area contributed by atoms with Crippen LogP contribution in [0.1, 0.15) is 85.5 Å². The van der Waals surface area contributed by atoms with E-state index < -0.39 is 5.54 Å². The van der Waals surface area contributed by atoms with Crippen LogP contribution in [0.4, 0.5) is 0 Å². The Bertz CT molecular complexity index is 634. The Kier molecular flexibility index (Phi) is 14.1. The van der Waals surface area contributed by atoms with Crippen molar-refractivity contribution in [2.75, 3.05) is 13.2 Å². The third kappa shape index (κ3) is 11.2. The lowest BCUT2D eigenvalue weighted by atomic mass is 9.83. The number of rotatable bonds is 8. The molecular formula is C22H38N2O8. The molecule has 3 unspecified atom stereocenters. The average molecular weight is 459 g/mol. The third-order valence-electron chi connectivity index (χ3n) is 5.40. The van der Waals surface area contributed by atoms with Gasteiger partial charge in [0, 0.05) is 48.5 Å². The van der Waals surface area contributed by atoms with Crippen LogP contribution in [0, 0.1) is 26.1 Å². The summed E-state index contributed by atoms with van der Waals surface area (Å²) in [6, 6.07) is -0.361. The maximum Gasteiger partial charge on any atom is 0.333 e. The van der Waals surface area contributed by atoms with Crippen molar-refractivity contribution in [3.05, 3.63) is 32.4 Å². The Labute approximate surface area is 190 Å². The maximum atomic E-state index is 11.5. The van der Waals surface area contributed by atoms with Gasteiger partial charge in [-0.15, -0.1) is 0 Å². The molecule has 0 aromatic rings. The summed E-state index contributed by atoms with van der Waals surface area (Å²) in [6.45, 7) is 11.7. The molecule has 2 fully saturated rings. The van der Waals surface area contributed by atoms with Gasteiger partial charge < -0.3 is 9.47 Å². The molecule has 2 rings (SSSR count). The van der Waals surface area contributed by atoms with E-state index in [1.165, 1.54) is 0 Å². The first kappa shape index (κ1) is 29.5. The highest BCUT2D eigenvalue weighted by atomic mass is 16.6. The highest BCUT2D eigenvalue weighted by Gasteiger charge is 2.41. The molecule has 2 aliphatic heterocycles. The van der Waals surface area contributed by atoms with Gasteiger partial charge in [0.05, 0.1) is 19.1 Å². The van der Waals surface area contributed by atoms with Crippen molar-refractivity contribution in [1.29, 1.82) is 0 Å². The van der Waals surface area contributed by atoms with Crippen LogP contribution in [0.25, 0.3) is 0 Å². The number of cyclic esters (lactones) is 2. The zero-order valence-electron chi connectivity index (χ0n) is 19.8. The molecule has 10 nitrogen and oxygen atoms in total. The number of carbonyl (C=O) groups is 2. The molecule has 0 spiro atoms. The van der Waals surface area contributed by atoms with E-state index >= 15 is 0 Å². The molecule has 0 aromatic carbocycles. The second-order valence-electron chi connectivity index (χ2n) is 8.48. The number of esters is 2. The fraction of sp³-hybridized carbons (Fsp3) is 0.818. The second-order valence-corrected chi connectivity index (χ2v) is 8.48. The number of hydrogen-bond acceptors (Lipinski definition) is 8. The van der Waals surface area contributed by atoms with Crippen molar-refractivity contribution in [2.24, 2.45) is 5.92 Å². The first-order chi connectivity index (χ1) is 15.0. The lowest BCUT2D eigenvalue weighted by Gasteiger charge is -2.27. The predicted octanol–water partition coefficient (Wildman–Crippen LogP) is 4.50. The lowest BCUT2D eigenvalue weighted by molar-refractivity contribution is -0.569. The third-order valence-corrected chi connectivity index (χ3v) is 5.40. The lowest BCUT2D eigenvalue weighted by Crippen LogP contribution is -2.40. The van der Waals surface area contributed by atoms with Gasteiger partial charge in [-0.05, 0) is 38.5 Å². The van der Waals surface area contributed by atoms with Crippen molar-refractivity contribution >= 4 is 11.9 Å². The van der Waals surface area contributed by atoms with E-state index in [2.05, 4.69) is 11.3 Å². The summed E-state index contributed by atoms with van der Waals surface area (Å²) >= 11 is 0. The standard InChI is InChI=1S/C11H19NO4.C6H8O2.C5H11NO2/c1-3-6-11(2,12(14)15)8-9-5-4-7-16-10(9)13;1-5-3-2-4-8-6(5)7;1-3-4-5(2)6(7)8/h9H,3-8H2,1-2H3;1-4H2;5H,3-4H2,1-2H3. The summed E-state index contributed by atoms with van der Waals surface area (Å²) in [5.74, 6) is -0.789. The quantitative estimate of drug-likeness (QED) is 0.224. The van der Waals surface area contributed by atoms with Crippen LogP contribution in [0.3, 0.4) is 0 Å². The number of hydrogen-bond donors (Lipinski definition) is 0. The molecule has 0 aromatic heterocycles. The van der Waals surface area contributed by atoms with Gasteiger partial charge in [-0.2, -0.15) is 0 Å². The Morgan fingerprint density at radius 2 is 1.75 bits per heavy atom. The molecule has 0 radical (unpaired) electrons. The summed E-state index contributed by atoms with van der Waals surface area (Å²) in [7, 11) is 0. The highest BCUT2D eigenvalue weighted by molar-refractivity contribution is 5.88. The summed E-state index contributed by atoms with van der Waals surface area (Å²) in [6.07, 6.45) is 6.40. The van der Waals surface area contributed by atoms with Crippen LogP contribution >= 0.6 is 0 Å². The second kappa shape index (κ2) is 15.3. The molecular weight excluding hydrogens is 420 g/mol. The normalized spacial score (nSPS) is 20.8. The van der Waals surface area contributed by atoms with Gasteiger partial charge in [-0.1, -0.05) is 20.4 Å². The first-order valence-corrected chi connectivity index (χ1v) is 11.3. The summed E-state index contributed by atoms with van der Waals surface area (Å²) < 4.78 is 9.58. The van der Waals surface area contributed by atoms with Gasteiger partial charge in [0.25, 0.3) is 0 Å². The van der Waals surface area contributed by atoms with E-state index in [4.69, 9.17) is 4.74 Å². The number of nitrogens with zero attached hydrogens (tertiary/aromatic N) is 2. The van der Waals surface area contributed by atoms with Crippen molar-refractivity contribution in [2.45, 2.75) is 97.1 Å². The molecule has 0 N–H and O–H groups in total. The largest absolute Gasteiger partial charge is 0.465 e. The predicted molar refractivity (Wildman–Crippen MR) is 119 cm³/mol. The van der Waals surface area contributed by atoms with Gasteiger partial charge in [0.15, 0.2) is 0 Å². The molecule has 2 heterocycles. The number of carbonyl (C=O) groups excluding carboxylic acids is 2. The van der Waals surface area contributed by atoms with Crippen LogP contribution in [-0.4, -0.2) is 46.6 Å². The fourth-order valence-electron chi connectivity index (χ4n) is 3.44. The highest BCUT2D eigenvalue weighted by Crippen LogP contribution is 2.30. The summed E-state index contributed by atoms with van der Waals surface area (Å²) in [5, 5.41) is 20.9. The van der Waals surface area contributed by atoms with Crippen LogP contribution in [-0.2, 0) is 19.1 Å². The molecule has 32 heavy (non-hydrogen) atoms. The number of nitro groups is 2. The smallest absolute Gasteiger partial charge is 0.333 e. The van der Waals surface area contributed by atoms with Crippen LogP contribution in [0.5, 0.6) is 0 Å². The summed E-state index contributed by atoms with van der Waals surface area (Å²) in [5.41, 5.74) is -0.383. The first-order valence-electron chi connectivity index (χ1n) is 11.3. The number of ether oxygens (including phenoxy) is 2. The van der Waals surface area contributed by atoms with E-state index in [1.54, 1.807) is 13.8 Å². The van der Waals surface area contributed by atoms with Crippen LogP contribution < -0.4 is 0 Å². The Morgan fingerprint density at radius 3 is 2.12 bits per heavy atom. The Balaban J connectivity index is 0.000000504. The SMILES string of the molecule is C=C1CCCOC1=O.CCCC(C)(CC1CCCOC1=O)[N+](=O)[O-].CCCC(C)[N+](=O)[O-]. The molecule has 10 heteroatoms. The molecule has 2 saturated heterocycles. The van der Waals surface area contributed by atoms with Crippen LogP contribution in [0.2, 0.25) is 0 Å². The monoisotopic (exact) mass is 458 g/mol. The minimum atomic E-state index is -0.990. The van der Waals surface area contributed by atoms with Gasteiger partial charge >= 0.3 is 11.9 Å². The summed E-state index contributed by atoms with van der Waals surface area (Å²) in [4.78, 5) is 42.4. The van der Waals surface area contributed by atoms with Crippen molar-refractivity contribution in [1.82, 2.24) is 0 Å². The van der Waals surface area contributed by atoms with E-state index in [-0.39, 0.29) is 33.7 Å². The van der Waals surface area contributed by atoms with Crippen molar-refractivity contribution in [3.8, 4) is 0 Å². The average Bonchev–Trinajstić information content (AvgIpc) is 2.73. The Hall–Kier alpha value is -2.52. The zero-order valence-corrected chi connectivity index (χ0v) is 19.8. The van der Waals surface area contributed by atoms with E-state index in [0.717, 1.165) is 32.1 Å². The molecule has 0 amide bonds. The van der Waals surface area contributed by atoms with Gasteiger partial charge in [0.2, 0.25) is 11.6 Å². The van der Waals surface area contributed by atoms with Gasteiger partial charge in [-0.3, -0.25) is 25.0 Å². The molecule has 0 aliphatic carbocycles. The minimum Gasteiger partial charge on any atom is -0.465 e.